The number of rotatable bonds is 3. The molecule has 0 spiro atoms. The molecule has 2 heterocycles. The van der Waals surface area contributed by atoms with E-state index < -0.39 is 10.2 Å². The van der Waals surface area contributed by atoms with Crippen molar-refractivity contribution in [1.82, 2.24) is 8.61 Å². The predicted molar refractivity (Wildman–Crippen MR) is 90.0 cm³/mol. The lowest BCUT2D eigenvalue weighted by atomic mass is 9.98. The van der Waals surface area contributed by atoms with Crippen molar-refractivity contribution in [3.63, 3.8) is 0 Å². The zero-order chi connectivity index (χ0) is 15.9. The second-order valence-electron chi connectivity index (χ2n) is 6.19. The minimum Gasteiger partial charge on any atom is -0.195 e. The molecule has 0 N–H and O–H groups in total. The van der Waals surface area contributed by atoms with Gasteiger partial charge in [0.15, 0.2) is 0 Å². The Kier molecular flexibility index (Phi) is 3.71. The van der Waals surface area contributed by atoms with Crippen molar-refractivity contribution < 1.29 is 8.42 Å². The van der Waals surface area contributed by atoms with Crippen LogP contribution in [0, 0.1) is 0 Å². The van der Waals surface area contributed by atoms with Gasteiger partial charge in [-0.15, -0.1) is 0 Å². The van der Waals surface area contributed by atoms with Crippen LogP contribution in [0.2, 0.25) is 0 Å². The second kappa shape index (κ2) is 5.74. The molecular weight excluding hydrogens is 308 g/mol. The zero-order valence-corrected chi connectivity index (χ0v) is 13.7. The van der Waals surface area contributed by atoms with Gasteiger partial charge in [-0.3, -0.25) is 0 Å². The predicted octanol–water partition coefficient (Wildman–Crippen LogP) is 2.74. The molecule has 0 amide bonds. The lowest BCUT2D eigenvalue weighted by Gasteiger charge is -2.43. The van der Waals surface area contributed by atoms with Crippen LogP contribution in [0.25, 0.3) is 0 Å². The number of hydrogen-bond donors (Lipinski definition) is 0. The Balaban J connectivity index is 1.57. The van der Waals surface area contributed by atoms with Gasteiger partial charge in [0.25, 0.3) is 10.2 Å². The number of fused-ring (bicyclic) bond motifs is 1. The summed E-state index contributed by atoms with van der Waals surface area (Å²) in [6.07, 6.45) is 1.69. The van der Waals surface area contributed by atoms with E-state index in [2.05, 4.69) is 6.07 Å². The molecule has 0 bridgehead atoms. The molecule has 1 atom stereocenters. The highest BCUT2D eigenvalue weighted by atomic mass is 32.2. The summed E-state index contributed by atoms with van der Waals surface area (Å²) in [6, 6.07) is 18.0. The third-order valence-electron chi connectivity index (χ3n) is 4.87. The molecule has 1 saturated heterocycles. The van der Waals surface area contributed by atoms with E-state index in [0.717, 1.165) is 24.0 Å². The molecule has 2 aromatic rings. The molecule has 0 radical (unpaired) electrons. The SMILES string of the molecule is O=S(=O)(N1CCc2ccccc2C1)N1CCC1c1ccccc1. The zero-order valence-electron chi connectivity index (χ0n) is 12.9. The van der Waals surface area contributed by atoms with Crippen LogP contribution in [0.1, 0.15) is 29.2 Å². The van der Waals surface area contributed by atoms with Gasteiger partial charge in [0, 0.05) is 19.6 Å². The van der Waals surface area contributed by atoms with Gasteiger partial charge in [0.2, 0.25) is 0 Å². The van der Waals surface area contributed by atoms with Crippen LogP contribution in [-0.2, 0) is 23.2 Å². The van der Waals surface area contributed by atoms with Crippen molar-refractivity contribution in [2.24, 2.45) is 0 Å². The molecule has 120 valence electrons. The Hall–Kier alpha value is -1.69. The van der Waals surface area contributed by atoms with Gasteiger partial charge in [-0.25, -0.2) is 0 Å². The third kappa shape index (κ3) is 2.59. The first kappa shape index (κ1) is 14.9. The van der Waals surface area contributed by atoms with E-state index in [-0.39, 0.29) is 6.04 Å². The molecule has 1 unspecified atom stereocenters. The summed E-state index contributed by atoms with van der Waals surface area (Å²) >= 11 is 0. The van der Waals surface area contributed by atoms with E-state index >= 15 is 0 Å². The van der Waals surface area contributed by atoms with E-state index in [0.29, 0.717) is 19.6 Å². The maximum Gasteiger partial charge on any atom is 0.282 e. The highest BCUT2D eigenvalue weighted by Crippen LogP contribution is 2.37. The monoisotopic (exact) mass is 328 g/mol. The van der Waals surface area contributed by atoms with Crippen molar-refractivity contribution in [2.45, 2.75) is 25.4 Å². The van der Waals surface area contributed by atoms with Crippen molar-refractivity contribution in [3.05, 3.63) is 71.3 Å². The topological polar surface area (TPSA) is 40.6 Å². The summed E-state index contributed by atoms with van der Waals surface area (Å²) in [7, 11) is -3.40. The molecule has 23 heavy (non-hydrogen) atoms. The summed E-state index contributed by atoms with van der Waals surface area (Å²) in [5.74, 6) is 0. The smallest absolute Gasteiger partial charge is 0.195 e. The molecule has 4 nitrogen and oxygen atoms in total. The van der Waals surface area contributed by atoms with Gasteiger partial charge in [-0.1, -0.05) is 54.6 Å². The highest BCUT2D eigenvalue weighted by Gasteiger charge is 2.42. The summed E-state index contributed by atoms with van der Waals surface area (Å²) in [5, 5.41) is 0. The molecule has 2 aliphatic rings. The van der Waals surface area contributed by atoms with Crippen molar-refractivity contribution >= 4 is 10.2 Å². The molecule has 5 heteroatoms. The van der Waals surface area contributed by atoms with E-state index in [1.165, 1.54) is 5.56 Å². The van der Waals surface area contributed by atoms with E-state index in [4.69, 9.17) is 0 Å². The first-order valence-corrected chi connectivity index (χ1v) is 9.44. The van der Waals surface area contributed by atoms with E-state index in [9.17, 15) is 8.42 Å². The van der Waals surface area contributed by atoms with Gasteiger partial charge in [0.1, 0.15) is 0 Å². The largest absolute Gasteiger partial charge is 0.282 e. The number of hydrogen-bond acceptors (Lipinski definition) is 2. The Morgan fingerprint density at radius 3 is 2.26 bits per heavy atom. The number of benzene rings is 2. The van der Waals surface area contributed by atoms with Gasteiger partial charge in [-0.05, 0) is 29.5 Å². The fraction of sp³-hybridized carbons (Fsp3) is 0.333. The van der Waals surface area contributed by atoms with Crippen LogP contribution in [0.3, 0.4) is 0 Å². The van der Waals surface area contributed by atoms with E-state index in [1.54, 1.807) is 8.61 Å². The van der Waals surface area contributed by atoms with Crippen LogP contribution in [0.4, 0.5) is 0 Å². The fourth-order valence-electron chi connectivity index (χ4n) is 3.46. The Morgan fingerprint density at radius 2 is 1.57 bits per heavy atom. The molecule has 1 fully saturated rings. The standard InChI is InChI=1S/C18H20N2O2S/c21-23(22,19-12-10-15-6-4-5-9-17(15)14-19)20-13-11-18(20)16-7-2-1-3-8-16/h1-9,18H,10-14H2. The van der Waals surface area contributed by atoms with Gasteiger partial charge in [0.05, 0.1) is 6.04 Å². The average Bonchev–Trinajstić information content (AvgIpc) is 2.54. The van der Waals surface area contributed by atoms with Crippen LogP contribution in [0.15, 0.2) is 54.6 Å². The minimum absolute atomic E-state index is 0.0154. The van der Waals surface area contributed by atoms with Gasteiger partial charge in [-0.2, -0.15) is 17.0 Å². The van der Waals surface area contributed by atoms with Gasteiger partial charge >= 0.3 is 0 Å². The van der Waals surface area contributed by atoms with Crippen LogP contribution >= 0.6 is 0 Å². The Labute approximate surface area is 137 Å². The van der Waals surface area contributed by atoms with Crippen LogP contribution < -0.4 is 0 Å². The quantitative estimate of drug-likeness (QED) is 0.869. The molecule has 0 aromatic heterocycles. The normalized spacial score (nSPS) is 22.3. The molecule has 2 aliphatic heterocycles. The van der Waals surface area contributed by atoms with Crippen molar-refractivity contribution in [2.75, 3.05) is 13.1 Å². The first-order valence-electron chi connectivity index (χ1n) is 8.05. The fourth-order valence-corrected chi connectivity index (χ4v) is 5.27. The maximum absolute atomic E-state index is 13.0. The lowest BCUT2D eigenvalue weighted by molar-refractivity contribution is 0.182. The Morgan fingerprint density at radius 1 is 0.870 bits per heavy atom. The maximum atomic E-state index is 13.0. The Bertz CT molecular complexity index is 797. The van der Waals surface area contributed by atoms with E-state index in [1.807, 2.05) is 48.5 Å². The molecular formula is C18H20N2O2S. The molecule has 0 saturated carbocycles. The summed E-state index contributed by atoms with van der Waals surface area (Å²) in [5.41, 5.74) is 3.47. The number of nitrogens with zero attached hydrogens (tertiary/aromatic N) is 2. The van der Waals surface area contributed by atoms with Crippen LogP contribution in [-0.4, -0.2) is 30.1 Å². The summed E-state index contributed by atoms with van der Waals surface area (Å²) < 4.78 is 29.3. The average molecular weight is 328 g/mol. The summed E-state index contributed by atoms with van der Waals surface area (Å²) in [6.45, 7) is 1.66. The first-order chi connectivity index (χ1) is 11.2. The highest BCUT2D eigenvalue weighted by molar-refractivity contribution is 7.86. The summed E-state index contributed by atoms with van der Waals surface area (Å²) in [4.78, 5) is 0. The lowest BCUT2D eigenvalue weighted by Crippen LogP contribution is -2.52. The molecule has 0 aliphatic carbocycles. The minimum atomic E-state index is -3.40. The van der Waals surface area contributed by atoms with Crippen molar-refractivity contribution in [1.29, 1.82) is 0 Å². The third-order valence-corrected chi connectivity index (χ3v) is 6.87. The second-order valence-corrected chi connectivity index (χ2v) is 8.07. The molecule has 2 aromatic carbocycles. The van der Waals surface area contributed by atoms with Gasteiger partial charge < -0.3 is 0 Å². The molecule has 4 rings (SSSR count). The van der Waals surface area contributed by atoms with Crippen molar-refractivity contribution in [3.8, 4) is 0 Å². The van der Waals surface area contributed by atoms with Crippen LogP contribution in [0.5, 0.6) is 0 Å².